The summed E-state index contributed by atoms with van der Waals surface area (Å²) < 4.78 is 64.6. The van der Waals surface area contributed by atoms with Crippen molar-refractivity contribution in [3.05, 3.63) is 134 Å². The minimum absolute atomic E-state index is 0.0323. The number of carbonyl (C=O) groups excluding carboxylic acids is 3. The molecule has 0 bridgehead atoms. The van der Waals surface area contributed by atoms with Crippen molar-refractivity contribution in [2.45, 2.75) is 110 Å². The molecule has 0 radical (unpaired) electrons. The fourth-order valence-electron chi connectivity index (χ4n) is 11.9. The van der Waals surface area contributed by atoms with Crippen LogP contribution in [0.25, 0.3) is 33.1 Å². The van der Waals surface area contributed by atoms with Crippen LogP contribution in [0.2, 0.25) is 0 Å². The maximum Gasteiger partial charge on any atom is 0.328 e. The molecule has 0 atom stereocenters. The Bertz CT molecular complexity index is 4290. The third-order valence-electron chi connectivity index (χ3n) is 17.3. The summed E-state index contributed by atoms with van der Waals surface area (Å²) in [6.45, 7) is 16.9. The molecule has 8 aromatic rings. The number of amides is 3. The quantitative estimate of drug-likeness (QED) is 0.0232. The molecule has 1 aliphatic rings. The van der Waals surface area contributed by atoms with Gasteiger partial charge in [0.2, 0.25) is 11.8 Å². The number of anilines is 2. The van der Waals surface area contributed by atoms with E-state index >= 15 is 0 Å². The first-order valence-electron chi connectivity index (χ1n) is 33.3. The smallest absolute Gasteiger partial charge is 0.328 e. The van der Waals surface area contributed by atoms with Crippen molar-refractivity contribution in [1.29, 1.82) is 0 Å². The van der Waals surface area contributed by atoms with Crippen LogP contribution in [0.4, 0.5) is 11.5 Å². The molecule has 25 nitrogen and oxygen atoms in total. The number of aromatic amines is 1. The molecule has 1 saturated heterocycles. The van der Waals surface area contributed by atoms with Crippen molar-refractivity contribution in [3.63, 3.8) is 0 Å². The molecule has 3 amide bonds. The van der Waals surface area contributed by atoms with E-state index in [1.165, 1.54) is 41.6 Å². The predicted molar refractivity (Wildman–Crippen MR) is 376 cm³/mol. The summed E-state index contributed by atoms with van der Waals surface area (Å²) in [5.41, 5.74) is 5.70. The zero-order valence-electron chi connectivity index (χ0n) is 57.5. The molecular weight excluding hydrogens is 1260 g/mol. The highest BCUT2D eigenvalue weighted by atomic mass is 32.2. The largest absolute Gasteiger partial charge is 0.493 e. The Morgan fingerprint density at radius 1 is 0.701 bits per heavy atom. The third kappa shape index (κ3) is 18.8. The number of piperazine rings is 1. The van der Waals surface area contributed by atoms with Crippen LogP contribution in [-0.2, 0) is 40.3 Å². The van der Waals surface area contributed by atoms with Crippen LogP contribution in [0.15, 0.2) is 106 Å². The lowest BCUT2D eigenvalue weighted by Gasteiger charge is -2.35. The molecular formula is C71H93N13O12S. The maximum atomic E-state index is 13.9. The zero-order valence-corrected chi connectivity index (χ0v) is 58.3. The monoisotopic (exact) mass is 1350 g/mol. The first-order chi connectivity index (χ1) is 46.6. The SMILES string of the molecule is CCCOc1cc(OCCCCN(C)CC(=O)NCCCCCCCC(=O)NCCN2CCN(c3ccc(-c4cc(C(=O)NCc5c(C)cc(C)[nH]c5=O)c5cnn(C(C)C)c5c4)cn3)CC2)cc(Oc2cc3c(cc2NS(=O)(=O)c2ccc(OC)c(OC)c2)n(C)c(=O)n3C)c1. The standard InChI is InChI=1S/C71H93N13O12S/c1-11-32-94-52-37-53(39-54(38-52)96-64-42-62-61(80(7)71(89)81(62)8)41-59(64)78-97(90,91)55-21-22-63(92-9)65(40-55)93-10)95-33-18-17-26-79(6)46-68(86)72-24-16-14-12-13-15-19-67(85)73-25-27-82-28-30-83(31-29-82)66-23-20-50(43-74-66)51-35-56(58-45-76-84(47(2)3)60(58)36-51)69(87)75-44-57-48(4)34-49(5)77-70(57)88/h20-23,34-43,45,47,78H,11-19,24-33,44,46H2,1-10H3,(H,72,86)(H,73,85)(H,75,87)(H,77,88). The van der Waals surface area contributed by atoms with Crippen LogP contribution >= 0.6 is 0 Å². The molecule has 1 aliphatic heterocycles. The molecule has 0 spiro atoms. The Balaban J connectivity index is 0.635. The lowest BCUT2D eigenvalue weighted by molar-refractivity contribution is -0.122. The Labute approximate surface area is 566 Å². The summed E-state index contributed by atoms with van der Waals surface area (Å²) >= 11 is 0. The number of carbonyl (C=O) groups is 3. The van der Waals surface area contributed by atoms with Crippen molar-refractivity contribution in [2.75, 3.05) is 103 Å². The van der Waals surface area contributed by atoms with Crippen molar-refractivity contribution in [2.24, 2.45) is 14.1 Å². The van der Waals surface area contributed by atoms with E-state index in [0.29, 0.717) is 90.8 Å². The number of aromatic nitrogens is 6. The predicted octanol–water partition coefficient (Wildman–Crippen LogP) is 8.99. The van der Waals surface area contributed by atoms with E-state index in [0.717, 1.165) is 117 Å². The van der Waals surface area contributed by atoms with E-state index in [2.05, 4.69) is 54.4 Å². The highest BCUT2D eigenvalue weighted by molar-refractivity contribution is 7.92. The molecule has 5 N–H and O–H groups in total. The number of hydrogen-bond donors (Lipinski definition) is 5. The van der Waals surface area contributed by atoms with Gasteiger partial charge in [-0.25, -0.2) is 18.2 Å². The summed E-state index contributed by atoms with van der Waals surface area (Å²) in [6.07, 6.45) is 10.9. The second-order valence-corrected chi connectivity index (χ2v) is 26.6. The second kappa shape index (κ2) is 33.5. The van der Waals surface area contributed by atoms with Gasteiger partial charge in [0.1, 0.15) is 23.1 Å². The molecule has 0 saturated carbocycles. The number of imidazole rings is 1. The lowest BCUT2D eigenvalue weighted by Crippen LogP contribution is -2.48. The fraction of sp³-hybridized carbons (Fsp3) is 0.451. The minimum atomic E-state index is -4.22. The lowest BCUT2D eigenvalue weighted by atomic mass is 10.0. The number of nitrogens with one attached hydrogen (secondary N) is 5. The van der Waals surface area contributed by atoms with Gasteiger partial charge in [0, 0.05) is 138 Å². The number of pyridine rings is 2. The van der Waals surface area contributed by atoms with Crippen molar-refractivity contribution in [3.8, 4) is 45.6 Å². The van der Waals surface area contributed by atoms with Gasteiger partial charge in [0.15, 0.2) is 17.2 Å². The van der Waals surface area contributed by atoms with Crippen LogP contribution in [-0.4, -0.2) is 158 Å². The highest BCUT2D eigenvalue weighted by Gasteiger charge is 2.25. The normalized spacial score (nSPS) is 12.8. The molecule has 97 heavy (non-hydrogen) atoms. The van der Waals surface area contributed by atoms with E-state index in [1.54, 1.807) is 50.6 Å². The summed E-state index contributed by atoms with van der Waals surface area (Å²) in [6, 6.07) is 22.5. The van der Waals surface area contributed by atoms with E-state index in [4.69, 9.17) is 28.7 Å². The summed E-state index contributed by atoms with van der Waals surface area (Å²) in [7, 11) is 3.81. The third-order valence-corrected chi connectivity index (χ3v) is 18.6. The highest BCUT2D eigenvalue weighted by Crippen LogP contribution is 2.39. The number of sulfonamides is 1. The summed E-state index contributed by atoms with van der Waals surface area (Å²) in [4.78, 5) is 79.3. The summed E-state index contributed by atoms with van der Waals surface area (Å²) in [5, 5.41) is 14.5. The van der Waals surface area contributed by atoms with Crippen molar-refractivity contribution in [1.82, 2.24) is 54.6 Å². The van der Waals surface area contributed by atoms with Crippen molar-refractivity contribution >= 4 is 61.2 Å². The molecule has 4 aromatic heterocycles. The molecule has 1 fully saturated rings. The molecule has 26 heteroatoms. The molecule has 0 aliphatic carbocycles. The van der Waals surface area contributed by atoms with Crippen LogP contribution in [0.3, 0.4) is 0 Å². The van der Waals surface area contributed by atoms with Gasteiger partial charge in [0.05, 0.1) is 72.9 Å². The van der Waals surface area contributed by atoms with Gasteiger partial charge < -0.3 is 49.5 Å². The molecule has 520 valence electrons. The minimum Gasteiger partial charge on any atom is -0.493 e. The van der Waals surface area contributed by atoms with Gasteiger partial charge in [-0.05, 0) is 133 Å². The van der Waals surface area contributed by atoms with E-state index in [1.807, 2.05) is 73.9 Å². The zero-order chi connectivity index (χ0) is 69.3. The van der Waals surface area contributed by atoms with E-state index in [-0.39, 0.29) is 70.2 Å². The Kier molecular flexibility index (Phi) is 24.8. The Morgan fingerprint density at radius 2 is 1.40 bits per heavy atom. The number of methoxy groups -OCH3 is 2. The average Bonchev–Trinajstić information content (AvgIpc) is 1.62. The molecule has 5 heterocycles. The number of aryl methyl sites for hydroxylation is 4. The van der Waals surface area contributed by atoms with Crippen molar-refractivity contribution < 1.29 is 46.5 Å². The van der Waals surface area contributed by atoms with Gasteiger partial charge in [-0.1, -0.05) is 26.2 Å². The van der Waals surface area contributed by atoms with Gasteiger partial charge in [-0.3, -0.25) is 47.5 Å². The van der Waals surface area contributed by atoms with Gasteiger partial charge in [-0.2, -0.15) is 5.10 Å². The molecule has 9 rings (SSSR count). The number of ether oxygens (including phenoxy) is 5. The molecule has 4 aromatic carbocycles. The van der Waals surface area contributed by atoms with E-state index in [9.17, 15) is 32.4 Å². The first-order valence-corrected chi connectivity index (χ1v) is 34.8. The second-order valence-electron chi connectivity index (χ2n) is 25.0. The Hall–Kier alpha value is -9.40. The van der Waals surface area contributed by atoms with E-state index < -0.39 is 10.0 Å². The fourth-order valence-corrected chi connectivity index (χ4v) is 13.0. The van der Waals surface area contributed by atoms with Crippen LogP contribution < -0.4 is 60.5 Å². The maximum absolute atomic E-state index is 13.9. The number of H-pyrrole nitrogens is 1. The summed E-state index contributed by atoms with van der Waals surface area (Å²) in [5.74, 6) is 2.63. The number of nitrogens with zero attached hydrogens (tertiary/aromatic N) is 8. The number of unbranched alkanes of at least 4 members (excludes halogenated alkanes) is 5. The van der Waals surface area contributed by atoms with Gasteiger partial charge in [-0.15, -0.1) is 0 Å². The number of benzene rings is 4. The van der Waals surface area contributed by atoms with Crippen LogP contribution in [0, 0.1) is 13.8 Å². The number of hydrogen-bond acceptors (Lipinski definition) is 17. The van der Waals surface area contributed by atoms with Gasteiger partial charge >= 0.3 is 5.69 Å². The number of fused-ring (bicyclic) bond motifs is 2. The van der Waals surface area contributed by atoms with Gasteiger partial charge in [0.25, 0.3) is 21.5 Å². The molecule has 0 unspecified atom stereocenters. The number of rotatable bonds is 35. The van der Waals surface area contributed by atoms with Crippen LogP contribution in [0.5, 0.6) is 34.5 Å². The topological polar surface area (TPSA) is 280 Å². The average molecular weight is 1350 g/mol. The first kappa shape index (κ1) is 71.9. The number of likely N-dealkylation sites (N-methyl/N-ethyl adjacent to an activating group) is 1. The van der Waals surface area contributed by atoms with Crippen LogP contribution in [0.1, 0.15) is 112 Å². The Morgan fingerprint density at radius 3 is 2.10 bits per heavy atom.